The highest BCUT2D eigenvalue weighted by Gasteiger charge is 2.27. The summed E-state index contributed by atoms with van der Waals surface area (Å²) >= 11 is 0. The Kier molecular flexibility index (Phi) is 4.01. The predicted octanol–water partition coefficient (Wildman–Crippen LogP) is 1.38. The van der Waals surface area contributed by atoms with Gasteiger partial charge in [-0.2, -0.15) is 0 Å². The quantitative estimate of drug-likeness (QED) is 0.457. The molecule has 0 N–H and O–H groups in total. The topological polar surface area (TPSA) is 38.7 Å². The van der Waals surface area contributed by atoms with Crippen LogP contribution in [0.25, 0.3) is 0 Å². The molecule has 0 aliphatic heterocycles. The first-order valence-corrected chi connectivity index (χ1v) is 3.65. The molecule has 0 saturated carbocycles. The summed E-state index contributed by atoms with van der Waals surface area (Å²) in [5.41, 5.74) is -0.336. The summed E-state index contributed by atoms with van der Waals surface area (Å²) in [6, 6.07) is 0. The predicted molar refractivity (Wildman–Crippen MR) is 43.2 cm³/mol. The third kappa shape index (κ3) is 2.83. The average Bonchev–Trinajstić information content (AvgIpc) is 2.00. The molecule has 1 atom stereocenters. The van der Waals surface area contributed by atoms with Gasteiger partial charge in [0.2, 0.25) is 6.08 Å². The van der Waals surface area contributed by atoms with Crippen molar-refractivity contribution in [2.75, 3.05) is 13.7 Å². The van der Waals surface area contributed by atoms with E-state index < -0.39 is 0 Å². The minimum Gasteiger partial charge on any atom is -0.376 e. The maximum absolute atomic E-state index is 9.84. The number of nitrogens with zero attached hydrogens (tertiary/aromatic N) is 1. The zero-order chi connectivity index (χ0) is 8.91. The molecule has 0 amide bonds. The summed E-state index contributed by atoms with van der Waals surface area (Å²) in [6.45, 7) is 6.37. The molecule has 0 aromatic heterocycles. The van der Waals surface area contributed by atoms with Gasteiger partial charge in [0.05, 0.1) is 12.1 Å². The summed E-state index contributed by atoms with van der Waals surface area (Å²) in [5.74, 6) is 0.338. The van der Waals surface area contributed by atoms with E-state index in [1.807, 2.05) is 20.8 Å². The number of carbonyl (C=O) groups excluding carboxylic acids is 1. The minimum atomic E-state index is -0.336. The SMILES string of the molecule is COC(C)(CN=C=O)C(C)C. The van der Waals surface area contributed by atoms with Crippen molar-refractivity contribution in [3.63, 3.8) is 0 Å². The van der Waals surface area contributed by atoms with Crippen LogP contribution < -0.4 is 0 Å². The summed E-state index contributed by atoms with van der Waals surface area (Å²) in [5, 5.41) is 0. The Labute approximate surface area is 67.5 Å². The minimum absolute atomic E-state index is 0.336. The lowest BCUT2D eigenvalue weighted by atomic mass is 9.92. The Morgan fingerprint density at radius 2 is 2.18 bits per heavy atom. The Hall–Kier alpha value is -0.660. The lowest BCUT2D eigenvalue weighted by Crippen LogP contribution is -2.36. The van der Waals surface area contributed by atoms with Crippen molar-refractivity contribution in [3.05, 3.63) is 0 Å². The van der Waals surface area contributed by atoms with Gasteiger partial charge in [-0.25, -0.2) is 9.79 Å². The summed E-state index contributed by atoms with van der Waals surface area (Å²) in [4.78, 5) is 13.3. The van der Waals surface area contributed by atoms with Gasteiger partial charge in [0, 0.05) is 7.11 Å². The second-order valence-electron chi connectivity index (χ2n) is 3.08. The highest BCUT2D eigenvalue weighted by atomic mass is 16.5. The molecule has 0 aromatic carbocycles. The largest absolute Gasteiger partial charge is 0.376 e. The van der Waals surface area contributed by atoms with Crippen LogP contribution in [0, 0.1) is 5.92 Å². The van der Waals surface area contributed by atoms with Crippen molar-refractivity contribution in [2.24, 2.45) is 10.9 Å². The van der Waals surface area contributed by atoms with Crippen molar-refractivity contribution in [1.29, 1.82) is 0 Å². The highest BCUT2D eigenvalue weighted by Crippen LogP contribution is 2.20. The fraction of sp³-hybridized carbons (Fsp3) is 0.875. The lowest BCUT2D eigenvalue weighted by molar-refractivity contribution is -0.0235. The first kappa shape index (κ1) is 10.3. The first-order valence-electron chi connectivity index (χ1n) is 3.65. The van der Waals surface area contributed by atoms with E-state index in [4.69, 9.17) is 4.74 Å². The van der Waals surface area contributed by atoms with Gasteiger partial charge in [-0.3, -0.25) is 0 Å². The number of methoxy groups -OCH3 is 1. The van der Waals surface area contributed by atoms with Crippen molar-refractivity contribution in [3.8, 4) is 0 Å². The smallest absolute Gasteiger partial charge is 0.235 e. The molecule has 64 valence electrons. The van der Waals surface area contributed by atoms with E-state index >= 15 is 0 Å². The van der Waals surface area contributed by atoms with Crippen LogP contribution in [0.4, 0.5) is 0 Å². The molecule has 3 nitrogen and oxygen atoms in total. The summed E-state index contributed by atoms with van der Waals surface area (Å²) < 4.78 is 5.23. The zero-order valence-corrected chi connectivity index (χ0v) is 7.55. The number of ether oxygens (including phenoxy) is 1. The molecule has 0 aromatic rings. The molecule has 11 heavy (non-hydrogen) atoms. The van der Waals surface area contributed by atoms with Gasteiger partial charge in [-0.05, 0) is 12.8 Å². The van der Waals surface area contributed by atoms with E-state index in [1.165, 1.54) is 6.08 Å². The van der Waals surface area contributed by atoms with Crippen LogP contribution in [-0.2, 0) is 9.53 Å². The van der Waals surface area contributed by atoms with Crippen molar-refractivity contribution in [1.82, 2.24) is 0 Å². The Morgan fingerprint density at radius 1 is 1.64 bits per heavy atom. The van der Waals surface area contributed by atoms with Crippen LogP contribution in [0.15, 0.2) is 4.99 Å². The lowest BCUT2D eigenvalue weighted by Gasteiger charge is -2.29. The fourth-order valence-corrected chi connectivity index (χ4v) is 0.672. The molecular formula is C8H15NO2. The molecule has 0 aliphatic rings. The first-order chi connectivity index (χ1) is 5.06. The number of aliphatic imine (C=N–C) groups is 1. The van der Waals surface area contributed by atoms with Crippen LogP contribution in [0.3, 0.4) is 0 Å². The maximum Gasteiger partial charge on any atom is 0.235 e. The van der Waals surface area contributed by atoms with Gasteiger partial charge in [0.15, 0.2) is 0 Å². The molecule has 0 radical (unpaired) electrons. The molecule has 0 spiro atoms. The average molecular weight is 157 g/mol. The van der Waals surface area contributed by atoms with Gasteiger partial charge >= 0.3 is 0 Å². The highest BCUT2D eigenvalue weighted by molar-refractivity contribution is 5.33. The van der Waals surface area contributed by atoms with Gasteiger partial charge in [0.25, 0.3) is 0 Å². The molecule has 3 heteroatoms. The number of rotatable bonds is 4. The van der Waals surface area contributed by atoms with Crippen LogP contribution in [0.1, 0.15) is 20.8 Å². The Balaban J connectivity index is 4.21. The third-order valence-electron chi connectivity index (χ3n) is 2.15. The normalized spacial score (nSPS) is 15.7. The molecule has 0 heterocycles. The molecule has 0 aliphatic carbocycles. The van der Waals surface area contributed by atoms with E-state index in [9.17, 15) is 4.79 Å². The van der Waals surface area contributed by atoms with Crippen molar-refractivity contribution < 1.29 is 9.53 Å². The van der Waals surface area contributed by atoms with Crippen LogP contribution >= 0.6 is 0 Å². The molecule has 0 saturated heterocycles. The van der Waals surface area contributed by atoms with E-state index in [2.05, 4.69) is 4.99 Å². The van der Waals surface area contributed by atoms with E-state index in [0.29, 0.717) is 12.5 Å². The summed E-state index contributed by atoms with van der Waals surface area (Å²) in [7, 11) is 1.63. The third-order valence-corrected chi connectivity index (χ3v) is 2.15. The molecule has 0 rings (SSSR count). The van der Waals surface area contributed by atoms with Crippen LogP contribution in [0.2, 0.25) is 0 Å². The van der Waals surface area contributed by atoms with E-state index in [1.54, 1.807) is 7.11 Å². The van der Waals surface area contributed by atoms with Gasteiger partial charge in [-0.15, -0.1) is 0 Å². The van der Waals surface area contributed by atoms with Crippen LogP contribution in [0.5, 0.6) is 0 Å². The maximum atomic E-state index is 9.84. The molecule has 0 fully saturated rings. The second-order valence-corrected chi connectivity index (χ2v) is 3.08. The fourth-order valence-electron chi connectivity index (χ4n) is 0.672. The van der Waals surface area contributed by atoms with Gasteiger partial charge in [-0.1, -0.05) is 13.8 Å². The van der Waals surface area contributed by atoms with Crippen molar-refractivity contribution >= 4 is 6.08 Å². The van der Waals surface area contributed by atoms with E-state index in [0.717, 1.165) is 0 Å². The van der Waals surface area contributed by atoms with E-state index in [-0.39, 0.29) is 5.60 Å². The van der Waals surface area contributed by atoms with Crippen LogP contribution in [-0.4, -0.2) is 25.3 Å². The molecule has 1 unspecified atom stereocenters. The standard InChI is InChI=1S/C8H15NO2/c1-7(2)8(3,11-4)5-9-6-10/h7H,5H2,1-4H3. The summed E-state index contributed by atoms with van der Waals surface area (Å²) in [6.07, 6.45) is 1.51. The monoisotopic (exact) mass is 157 g/mol. The Bertz CT molecular complexity index is 161. The van der Waals surface area contributed by atoms with Gasteiger partial charge < -0.3 is 4.74 Å². The molecular weight excluding hydrogens is 142 g/mol. The molecule has 0 bridgehead atoms. The number of isocyanates is 1. The zero-order valence-electron chi connectivity index (χ0n) is 7.55. The number of hydrogen-bond donors (Lipinski definition) is 0. The second kappa shape index (κ2) is 4.27. The number of hydrogen-bond acceptors (Lipinski definition) is 3. The van der Waals surface area contributed by atoms with Gasteiger partial charge in [0.1, 0.15) is 0 Å². The van der Waals surface area contributed by atoms with Crippen molar-refractivity contribution in [2.45, 2.75) is 26.4 Å². The Morgan fingerprint density at radius 3 is 2.45 bits per heavy atom.